The molecule has 90 valence electrons. The maximum atomic E-state index is 5.63. The highest BCUT2D eigenvalue weighted by Crippen LogP contribution is 2.16. The topological polar surface area (TPSA) is 60.2 Å². The molecule has 0 aliphatic carbocycles. The average Bonchev–Trinajstić information content (AvgIpc) is 2.75. The van der Waals surface area contributed by atoms with Gasteiger partial charge in [0.05, 0.1) is 19.1 Å². The van der Waals surface area contributed by atoms with Crippen LogP contribution in [0.4, 0.5) is 0 Å². The van der Waals surface area contributed by atoms with Crippen molar-refractivity contribution in [1.82, 2.24) is 15.5 Å². The van der Waals surface area contributed by atoms with Gasteiger partial charge in [-0.3, -0.25) is 0 Å². The standard InChI is InChI=1S/C11H19N3O2/c1-2-12-8-10-13-11(16-14-10)7-9-5-3-4-6-15-9/h9,12H,2-8H2,1H3. The number of hydrogen-bond acceptors (Lipinski definition) is 5. The van der Waals surface area contributed by atoms with Gasteiger partial charge in [-0.05, 0) is 25.8 Å². The normalized spacial score (nSPS) is 21.2. The molecule has 0 spiro atoms. The molecule has 1 N–H and O–H groups in total. The third-order valence-corrected chi connectivity index (χ3v) is 2.72. The summed E-state index contributed by atoms with van der Waals surface area (Å²) in [6.07, 6.45) is 4.53. The monoisotopic (exact) mass is 225 g/mol. The highest BCUT2D eigenvalue weighted by atomic mass is 16.5. The van der Waals surface area contributed by atoms with E-state index in [0.717, 1.165) is 31.8 Å². The van der Waals surface area contributed by atoms with E-state index in [9.17, 15) is 0 Å². The number of hydrogen-bond donors (Lipinski definition) is 1. The van der Waals surface area contributed by atoms with Crippen LogP contribution in [0.15, 0.2) is 4.52 Å². The molecule has 0 amide bonds. The summed E-state index contributed by atoms with van der Waals surface area (Å²) in [7, 11) is 0. The number of aromatic nitrogens is 2. The van der Waals surface area contributed by atoms with E-state index < -0.39 is 0 Å². The lowest BCUT2D eigenvalue weighted by Crippen LogP contribution is -2.21. The molecule has 2 rings (SSSR count). The van der Waals surface area contributed by atoms with Crippen LogP contribution in [0.3, 0.4) is 0 Å². The Labute approximate surface area is 95.6 Å². The lowest BCUT2D eigenvalue weighted by Gasteiger charge is -2.20. The molecule has 1 atom stereocenters. The van der Waals surface area contributed by atoms with Crippen LogP contribution in [0.5, 0.6) is 0 Å². The van der Waals surface area contributed by atoms with E-state index in [1.165, 1.54) is 12.8 Å². The molecule has 5 nitrogen and oxygen atoms in total. The lowest BCUT2D eigenvalue weighted by molar-refractivity contribution is 0.0124. The van der Waals surface area contributed by atoms with Crippen LogP contribution in [-0.4, -0.2) is 29.4 Å². The second-order valence-corrected chi connectivity index (χ2v) is 4.08. The first-order valence-corrected chi connectivity index (χ1v) is 6.02. The van der Waals surface area contributed by atoms with Crippen LogP contribution in [0, 0.1) is 0 Å². The molecular formula is C11H19N3O2. The van der Waals surface area contributed by atoms with Crippen LogP contribution in [-0.2, 0) is 17.7 Å². The molecule has 0 radical (unpaired) electrons. The smallest absolute Gasteiger partial charge is 0.229 e. The second-order valence-electron chi connectivity index (χ2n) is 4.08. The summed E-state index contributed by atoms with van der Waals surface area (Å²) in [5.74, 6) is 1.42. The minimum Gasteiger partial charge on any atom is -0.378 e. The van der Waals surface area contributed by atoms with Crippen molar-refractivity contribution in [2.75, 3.05) is 13.2 Å². The third kappa shape index (κ3) is 3.28. The van der Waals surface area contributed by atoms with E-state index in [1.807, 2.05) is 0 Å². The van der Waals surface area contributed by atoms with Crippen molar-refractivity contribution in [2.24, 2.45) is 0 Å². The fraction of sp³-hybridized carbons (Fsp3) is 0.818. The molecule has 1 fully saturated rings. The van der Waals surface area contributed by atoms with Crippen molar-refractivity contribution in [3.05, 3.63) is 11.7 Å². The van der Waals surface area contributed by atoms with E-state index in [2.05, 4.69) is 22.4 Å². The summed E-state index contributed by atoms with van der Waals surface area (Å²) < 4.78 is 10.8. The Morgan fingerprint density at radius 2 is 2.38 bits per heavy atom. The Balaban J connectivity index is 1.81. The first-order chi connectivity index (χ1) is 7.88. The molecule has 1 unspecified atom stereocenters. The second kappa shape index (κ2) is 5.96. The van der Waals surface area contributed by atoms with Crippen LogP contribution in [0.25, 0.3) is 0 Å². The number of nitrogens with one attached hydrogen (secondary N) is 1. The predicted molar refractivity (Wildman–Crippen MR) is 59.0 cm³/mol. The van der Waals surface area contributed by atoms with E-state index >= 15 is 0 Å². The van der Waals surface area contributed by atoms with Crippen LogP contribution in [0.2, 0.25) is 0 Å². The molecule has 0 saturated carbocycles. The van der Waals surface area contributed by atoms with E-state index in [1.54, 1.807) is 0 Å². The van der Waals surface area contributed by atoms with Crippen molar-refractivity contribution in [2.45, 2.75) is 45.3 Å². The number of rotatable bonds is 5. The Kier molecular flexibility index (Phi) is 4.30. The first-order valence-electron chi connectivity index (χ1n) is 6.02. The highest BCUT2D eigenvalue weighted by molar-refractivity contribution is 4.88. The van der Waals surface area contributed by atoms with Crippen molar-refractivity contribution in [1.29, 1.82) is 0 Å². The van der Waals surface area contributed by atoms with Gasteiger partial charge in [0.25, 0.3) is 0 Å². The van der Waals surface area contributed by atoms with Gasteiger partial charge in [0.1, 0.15) is 0 Å². The quantitative estimate of drug-likeness (QED) is 0.818. The minimum atomic E-state index is 0.265. The van der Waals surface area contributed by atoms with E-state index in [4.69, 9.17) is 9.26 Å². The molecule has 1 aromatic heterocycles. The Morgan fingerprint density at radius 3 is 3.12 bits per heavy atom. The molecular weight excluding hydrogens is 206 g/mol. The fourth-order valence-electron chi connectivity index (χ4n) is 1.84. The zero-order valence-electron chi connectivity index (χ0n) is 9.74. The van der Waals surface area contributed by atoms with Gasteiger partial charge in [-0.2, -0.15) is 4.98 Å². The zero-order chi connectivity index (χ0) is 11.2. The minimum absolute atomic E-state index is 0.265. The average molecular weight is 225 g/mol. The molecule has 16 heavy (non-hydrogen) atoms. The summed E-state index contributed by atoms with van der Waals surface area (Å²) in [5.41, 5.74) is 0. The number of ether oxygens (including phenoxy) is 1. The summed E-state index contributed by atoms with van der Waals surface area (Å²) >= 11 is 0. The Hall–Kier alpha value is -0.940. The van der Waals surface area contributed by atoms with Gasteiger partial charge in [0.15, 0.2) is 5.82 Å². The SMILES string of the molecule is CCNCc1noc(CC2CCCCO2)n1. The maximum absolute atomic E-state index is 5.63. The highest BCUT2D eigenvalue weighted by Gasteiger charge is 2.17. The fourth-order valence-corrected chi connectivity index (χ4v) is 1.84. The molecule has 2 heterocycles. The van der Waals surface area contributed by atoms with Gasteiger partial charge in [0.2, 0.25) is 5.89 Å². The first kappa shape index (κ1) is 11.5. The zero-order valence-corrected chi connectivity index (χ0v) is 9.74. The van der Waals surface area contributed by atoms with Gasteiger partial charge in [0, 0.05) is 6.61 Å². The molecule has 1 aliphatic rings. The van der Waals surface area contributed by atoms with Crippen molar-refractivity contribution in [3.8, 4) is 0 Å². The van der Waals surface area contributed by atoms with Crippen LogP contribution in [0.1, 0.15) is 37.9 Å². The van der Waals surface area contributed by atoms with Gasteiger partial charge < -0.3 is 14.6 Å². The van der Waals surface area contributed by atoms with Gasteiger partial charge in [-0.15, -0.1) is 0 Å². The predicted octanol–water partition coefficient (Wildman–Crippen LogP) is 1.29. The lowest BCUT2D eigenvalue weighted by atomic mass is 10.1. The number of nitrogens with zero attached hydrogens (tertiary/aromatic N) is 2. The Bertz CT molecular complexity index is 308. The third-order valence-electron chi connectivity index (χ3n) is 2.72. The maximum Gasteiger partial charge on any atom is 0.229 e. The van der Waals surface area contributed by atoms with E-state index in [-0.39, 0.29) is 6.10 Å². The van der Waals surface area contributed by atoms with E-state index in [0.29, 0.717) is 12.4 Å². The molecule has 1 aliphatic heterocycles. The summed E-state index contributed by atoms with van der Waals surface area (Å²) in [4.78, 5) is 4.32. The molecule has 0 aromatic carbocycles. The molecule has 1 aromatic rings. The van der Waals surface area contributed by atoms with Gasteiger partial charge in [-0.25, -0.2) is 0 Å². The van der Waals surface area contributed by atoms with Crippen LogP contribution < -0.4 is 5.32 Å². The van der Waals surface area contributed by atoms with Gasteiger partial charge >= 0.3 is 0 Å². The van der Waals surface area contributed by atoms with Crippen molar-refractivity contribution < 1.29 is 9.26 Å². The summed E-state index contributed by atoms with van der Waals surface area (Å²) in [5, 5.41) is 7.08. The van der Waals surface area contributed by atoms with Gasteiger partial charge in [-0.1, -0.05) is 12.1 Å². The largest absolute Gasteiger partial charge is 0.378 e. The summed E-state index contributed by atoms with van der Waals surface area (Å²) in [6, 6.07) is 0. The van der Waals surface area contributed by atoms with Crippen molar-refractivity contribution >= 4 is 0 Å². The molecule has 0 bridgehead atoms. The Morgan fingerprint density at radius 1 is 1.44 bits per heavy atom. The van der Waals surface area contributed by atoms with Crippen LogP contribution >= 0.6 is 0 Å². The molecule has 1 saturated heterocycles. The van der Waals surface area contributed by atoms with Crippen molar-refractivity contribution in [3.63, 3.8) is 0 Å². The molecule has 5 heteroatoms. The summed E-state index contributed by atoms with van der Waals surface area (Å²) in [6.45, 7) is 4.50.